The summed E-state index contributed by atoms with van der Waals surface area (Å²) in [5, 5.41) is 3.45. The van der Waals surface area contributed by atoms with E-state index in [0.717, 1.165) is 24.5 Å². The second-order valence-corrected chi connectivity index (χ2v) is 9.54. The van der Waals surface area contributed by atoms with Gasteiger partial charge in [-0.3, -0.25) is 0 Å². The van der Waals surface area contributed by atoms with E-state index in [4.69, 9.17) is 4.74 Å². The zero-order chi connectivity index (χ0) is 22.6. The van der Waals surface area contributed by atoms with Crippen molar-refractivity contribution in [1.82, 2.24) is 14.7 Å². The van der Waals surface area contributed by atoms with Crippen LogP contribution < -0.4 is 14.9 Å². The molecule has 1 aliphatic rings. The molecule has 1 aromatic carbocycles. The summed E-state index contributed by atoms with van der Waals surface area (Å²) < 4.78 is 33.3. The summed E-state index contributed by atoms with van der Waals surface area (Å²) in [7, 11) is 1.25. The Labute approximate surface area is 183 Å². The number of hydrogen-bond donors (Lipinski definition) is 2. The molecule has 0 amide bonds. The van der Waals surface area contributed by atoms with Crippen LogP contribution in [0.1, 0.15) is 41.9 Å². The fourth-order valence-corrected chi connectivity index (χ4v) is 5.18. The van der Waals surface area contributed by atoms with Gasteiger partial charge in [-0.15, -0.1) is 0 Å². The van der Waals surface area contributed by atoms with Gasteiger partial charge in [-0.05, 0) is 44.7 Å². The van der Waals surface area contributed by atoms with Crippen molar-refractivity contribution in [2.24, 2.45) is 0 Å². The number of benzene rings is 1. The van der Waals surface area contributed by atoms with E-state index >= 15 is 0 Å². The first-order chi connectivity index (χ1) is 14.7. The molecule has 0 saturated heterocycles. The average molecular weight is 448 g/mol. The minimum atomic E-state index is -3.84. The van der Waals surface area contributed by atoms with E-state index in [1.807, 2.05) is 32.0 Å². The van der Waals surface area contributed by atoms with Gasteiger partial charge in [0.25, 0.3) is 0 Å². The summed E-state index contributed by atoms with van der Waals surface area (Å²) in [4.78, 5) is 22.7. The number of nitrogens with one attached hydrogen (secondary N) is 2. The van der Waals surface area contributed by atoms with Crippen molar-refractivity contribution in [1.29, 1.82) is 0 Å². The highest BCUT2D eigenvalue weighted by Crippen LogP contribution is 2.25. The monoisotopic (exact) mass is 447 g/mol. The Morgan fingerprint density at radius 2 is 1.74 bits per heavy atom. The highest BCUT2D eigenvalue weighted by Gasteiger charge is 2.28. The number of sulfonamides is 1. The molecule has 1 aliphatic carbocycles. The molecule has 1 saturated carbocycles. The van der Waals surface area contributed by atoms with Gasteiger partial charge in [0.15, 0.2) is 0 Å². The molecule has 1 aromatic heterocycles. The molecule has 3 rings (SSSR count). The molecule has 31 heavy (non-hydrogen) atoms. The summed E-state index contributed by atoms with van der Waals surface area (Å²) >= 11 is 0. The summed E-state index contributed by atoms with van der Waals surface area (Å²) in [5.41, 5.74) is 0.0312. The van der Waals surface area contributed by atoms with E-state index in [9.17, 15) is 13.2 Å². The zero-order valence-corrected chi connectivity index (χ0v) is 19.1. The summed E-state index contributed by atoms with van der Waals surface area (Å²) in [6, 6.07) is 7.98. The first kappa shape index (κ1) is 23.0. The SMILES string of the molecule is COC(=O)c1ccccc1S(=O)(=O)NC1CCC(Nc2cc(N(C)C)nc(C)n2)CC1. The topological polar surface area (TPSA) is 114 Å². The predicted octanol–water partition coefficient (Wildman–Crippen LogP) is 2.34. The number of carbonyl (C=O) groups excluding carboxylic acids is 1. The molecule has 168 valence electrons. The third-order valence-electron chi connectivity index (χ3n) is 5.27. The van der Waals surface area contributed by atoms with Gasteiger partial charge in [-0.1, -0.05) is 12.1 Å². The first-order valence-electron chi connectivity index (χ1n) is 10.2. The lowest BCUT2D eigenvalue weighted by Crippen LogP contribution is -2.40. The van der Waals surface area contributed by atoms with Crippen molar-refractivity contribution < 1.29 is 17.9 Å². The second-order valence-electron chi connectivity index (χ2n) is 7.85. The molecule has 1 heterocycles. The molecular weight excluding hydrogens is 418 g/mol. The summed E-state index contributed by atoms with van der Waals surface area (Å²) in [5.74, 6) is 1.62. The molecule has 2 N–H and O–H groups in total. The third-order valence-corrected chi connectivity index (χ3v) is 6.84. The van der Waals surface area contributed by atoms with Crippen molar-refractivity contribution in [3.63, 3.8) is 0 Å². The number of aryl methyl sites for hydroxylation is 1. The number of ether oxygens (including phenoxy) is 1. The molecule has 1 fully saturated rings. The van der Waals surface area contributed by atoms with E-state index in [-0.39, 0.29) is 22.5 Å². The number of methoxy groups -OCH3 is 1. The number of carbonyl (C=O) groups is 1. The molecule has 0 spiro atoms. The minimum Gasteiger partial charge on any atom is -0.465 e. The normalized spacial score (nSPS) is 19.0. The number of anilines is 2. The van der Waals surface area contributed by atoms with Crippen LogP contribution in [-0.4, -0.2) is 57.6 Å². The summed E-state index contributed by atoms with van der Waals surface area (Å²) in [6.45, 7) is 1.86. The Kier molecular flexibility index (Phi) is 7.11. The Balaban J connectivity index is 1.63. The van der Waals surface area contributed by atoms with Crippen LogP contribution in [0.25, 0.3) is 0 Å². The molecule has 0 atom stereocenters. The van der Waals surface area contributed by atoms with Crippen molar-refractivity contribution in [3.05, 3.63) is 41.7 Å². The Morgan fingerprint density at radius 1 is 1.10 bits per heavy atom. The fraction of sp³-hybridized carbons (Fsp3) is 0.476. The lowest BCUT2D eigenvalue weighted by Gasteiger charge is -2.30. The van der Waals surface area contributed by atoms with Crippen LogP contribution >= 0.6 is 0 Å². The van der Waals surface area contributed by atoms with Gasteiger partial charge in [0.05, 0.1) is 17.6 Å². The third kappa shape index (κ3) is 5.71. The quantitative estimate of drug-likeness (QED) is 0.622. The van der Waals surface area contributed by atoms with Gasteiger partial charge in [0.1, 0.15) is 17.5 Å². The fourth-order valence-electron chi connectivity index (χ4n) is 3.68. The van der Waals surface area contributed by atoms with E-state index < -0.39 is 16.0 Å². The number of aromatic nitrogens is 2. The van der Waals surface area contributed by atoms with E-state index in [1.165, 1.54) is 19.2 Å². The van der Waals surface area contributed by atoms with Gasteiger partial charge in [-0.2, -0.15) is 0 Å². The Hall–Kier alpha value is -2.72. The van der Waals surface area contributed by atoms with Gasteiger partial charge in [0.2, 0.25) is 10.0 Å². The van der Waals surface area contributed by atoms with Crippen LogP contribution in [0, 0.1) is 6.92 Å². The molecule has 0 bridgehead atoms. The highest BCUT2D eigenvalue weighted by molar-refractivity contribution is 7.89. The number of hydrogen-bond acceptors (Lipinski definition) is 8. The van der Waals surface area contributed by atoms with Crippen LogP contribution in [0.3, 0.4) is 0 Å². The van der Waals surface area contributed by atoms with Crippen LogP contribution in [0.5, 0.6) is 0 Å². The maximum Gasteiger partial charge on any atom is 0.339 e. The smallest absolute Gasteiger partial charge is 0.339 e. The molecule has 2 aromatic rings. The van der Waals surface area contributed by atoms with Crippen molar-refractivity contribution in [3.8, 4) is 0 Å². The lowest BCUT2D eigenvalue weighted by molar-refractivity contribution is 0.0596. The lowest BCUT2D eigenvalue weighted by atomic mass is 9.92. The van der Waals surface area contributed by atoms with E-state index in [0.29, 0.717) is 18.7 Å². The summed E-state index contributed by atoms with van der Waals surface area (Å²) in [6.07, 6.45) is 2.96. The molecule has 0 radical (unpaired) electrons. The molecular formula is C21H29N5O4S. The Bertz CT molecular complexity index is 1030. The van der Waals surface area contributed by atoms with Crippen LogP contribution in [0.15, 0.2) is 35.2 Å². The first-order valence-corrected chi connectivity index (χ1v) is 11.7. The molecule has 10 heteroatoms. The number of rotatable bonds is 7. The molecule has 0 aliphatic heterocycles. The largest absolute Gasteiger partial charge is 0.465 e. The second kappa shape index (κ2) is 9.61. The standard InChI is InChI=1S/C21H29N5O4S/c1-14-22-19(13-20(23-14)26(2)3)24-15-9-11-16(12-10-15)25-31(28,29)18-8-6-5-7-17(18)21(27)30-4/h5-8,13,15-16,25H,9-12H2,1-4H3,(H,22,23,24). The van der Waals surface area contributed by atoms with Crippen LogP contribution in [0.2, 0.25) is 0 Å². The van der Waals surface area contributed by atoms with Crippen molar-refractivity contribution >= 4 is 27.6 Å². The van der Waals surface area contributed by atoms with Gasteiger partial charge < -0.3 is 15.0 Å². The zero-order valence-electron chi connectivity index (χ0n) is 18.3. The van der Waals surface area contributed by atoms with Crippen molar-refractivity contribution in [2.45, 2.75) is 49.6 Å². The van der Waals surface area contributed by atoms with Gasteiger partial charge in [0, 0.05) is 32.2 Å². The van der Waals surface area contributed by atoms with Gasteiger partial charge >= 0.3 is 5.97 Å². The maximum absolute atomic E-state index is 12.9. The predicted molar refractivity (Wildman–Crippen MR) is 119 cm³/mol. The highest BCUT2D eigenvalue weighted by atomic mass is 32.2. The van der Waals surface area contributed by atoms with E-state index in [1.54, 1.807) is 12.1 Å². The minimum absolute atomic E-state index is 0.0312. The van der Waals surface area contributed by atoms with Gasteiger partial charge in [-0.25, -0.2) is 27.9 Å². The van der Waals surface area contributed by atoms with E-state index in [2.05, 4.69) is 20.0 Å². The van der Waals surface area contributed by atoms with Crippen LogP contribution in [0.4, 0.5) is 11.6 Å². The number of esters is 1. The molecule has 0 unspecified atom stereocenters. The number of nitrogens with zero attached hydrogens (tertiary/aromatic N) is 3. The van der Waals surface area contributed by atoms with Crippen molar-refractivity contribution in [2.75, 3.05) is 31.4 Å². The molecule has 9 nitrogen and oxygen atoms in total. The van der Waals surface area contributed by atoms with Crippen LogP contribution in [-0.2, 0) is 14.8 Å². The Morgan fingerprint density at radius 3 is 2.39 bits per heavy atom. The maximum atomic E-state index is 12.9. The average Bonchev–Trinajstić information content (AvgIpc) is 2.74.